The summed E-state index contributed by atoms with van der Waals surface area (Å²) in [6, 6.07) is 12.9. The second-order valence-corrected chi connectivity index (χ2v) is 17.1. The van der Waals surface area contributed by atoms with Crippen LogP contribution in [0.4, 0.5) is 11.4 Å². The maximum absolute atomic E-state index is 13.9. The predicted molar refractivity (Wildman–Crippen MR) is 165 cm³/mol. The lowest BCUT2D eigenvalue weighted by atomic mass is 9.82. The Bertz CT molecular complexity index is 1420. The van der Waals surface area contributed by atoms with E-state index in [0.29, 0.717) is 36.4 Å². The highest BCUT2D eigenvalue weighted by molar-refractivity contribution is 6.71. The number of hydrogen-bond donors (Lipinski definition) is 5. The van der Waals surface area contributed by atoms with Gasteiger partial charge in [-0.15, -0.1) is 0 Å². The lowest BCUT2D eigenvalue weighted by Gasteiger charge is -2.37. The maximum atomic E-state index is 13.9. The molecular formula is C32H42N4O6Si. The standard InChI is InChI=1S/C32H42N4O6Si/c1-19-29(43(2,3)41)27(15-28(38)36-17-22-8-5-4-7-20(22)13-24(36)18-37)42-32(19)25-14-23(10-11-26(25)35-31(32)40)34-30(39)21-9-6-12-33-16-21/h4-5,7-8,10-11,14,19,21,24,27,29,33,37,41H,6,9,12-13,15-18H2,1-3H3,(H,34,39)(H,35,40)/t19-,21?,24+,27+,29-,32+/m1/s1. The Balaban J connectivity index is 1.28. The number of hydrogen-bond acceptors (Lipinski definition) is 7. The molecule has 1 unspecified atom stereocenters. The van der Waals surface area contributed by atoms with Crippen molar-refractivity contribution in [3.8, 4) is 0 Å². The largest absolute Gasteiger partial charge is 0.432 e. The van der Waals surface area contributed by atoms with Crippen LogP contribution in [0.3, 0.4) is 0 Å². The van der Waals surface area contributed by atoms with Gasteiger partial charge in [-0.3, -0.25) is 14.4 Å². The van der Waals surface area contributed by atoms with Crippen molar-refractivity contribution >= 4 is 37.4 Å². The second-order valence-electron chi connectivity index (χ2n) is 13.1. The zero-order chi connectivity index (χ0) is 30.5. The van der Waals surface area contributed by atoms with Crippen LogP contribution >= 0.6 is 0 Å². The summed E-state index contributed by atoms with van der Waals surface area (Å²) < 4.78 is 6.71. The minimum Gasteiger partial charge on any atom is -0.432 e. The molecule has 2 saturated heterocycles. The van der Waals surface area contributed by atoms with Crippen LogP contribution in [-0.4, -0.2) is 72.7 Å². The van der Waals surface area contributed by atoms with Gasteiger partial charge in [0, 0.05) is 41.5 Å². The Labute approximate surface area is 253 Å². The zero-order valence-electron chi connectivity index (χ0n) is 25.1. The molecule has 0 bridgehead atoms. The fraction of sp³-hybridized carbons (Fsp3) is 0.531. The third-order valence-corrected chi connectivity index (χ3v) is 12.4. The lowest BCUT2D eigenvalue weighted by molar-refractivity contribution is -0.149. The summed E-state index contributed by atoms with van der Waals surface area (Å²) in [6.45, 7) is 7.34. The molecule has 43 heavy (non-hydrogen) atoms. The van der Waals surface area contributed by atoms with E-state index in [-0.39, 0.29) is 42.7 Å². The van der Waals surface area contributed by atoms with Crippen LogP contribution in [0, 0.1) is 11.8 Å². The fourth-order valence-corrected chi connectivity index (χ4v) is 10.4. The van der Waals surface area contributed by atoms with Gasteiger partial charge in [0.05, 0.1) is 31.1 Å². The highest BCUT2D eigenvalue weighted by Crippen LogP contribution is 2.58. The summed E-state index contributed by atoms with van der Waals surface area (Å²) in [5, 5.41) is 19.4. The minimum atomic E-state index is -2.96. The number of carbonyl (C=O) groups is 3. The quantitative estimate of drug-likeness (QED) is 0.319. The van der Waals surface area contributed by atoms with Gasteiger partial charge >= 0.3 is 0 Å². The van der Waals surface area contributed by atoms with E-state index >= 15 is 0 Å². The topological polar surface area (TPSA) is 140 Å². The molecule has 2 aromatic rings. The smallest absolute Gasteiger partial charge is 0.261 e. The molecule has 1 spiro atoms. The van der Waals surface area contributed by atoms with E-state index in [9.17, 15) is 24.3 Å². The summed E-state index contributed by atoms with van der Waals surface area (Å²) in [7, 11) is -2.96. The molecule has 2 aromatic carbocycles. The van der Waals surface area contributed by atoms with Gasteiger partial charge in [-0.2, -0.15) is 0 Å². The van der Waals surface area contributed by atoms with Gasteiger partial charge in [-0.1, -0.05) is 31.2 Å². The number of rotatable bonds is 6. The van der Waals surface area contributed by atoms with E-state index in [1.165, 1.54) is 0 Å². The van der Waals surface area contributed by atoms with E-state index in [2.05, 4.69) is 16.0 Å². The van der Waals surface area contributed by atoms with Gasteiger partial charge in [0.2, 0.25) is 11.8 Å². The third-order valence-electron chi connectivity index (χ3n) is 9.94. The zero-order valence-corrected chi connectivity index (χ0v) is 26.1. The molecular weight excluding hydrogens is 564 g/mol. The van der Waals surface area contributed by atoms with Gasteiger partial charge in [0.15, 0.2) is 13.9 Å². The van der Waals surface area contributed by atoms with Crippen molar-refractivity contribution in [2.24, 2.45) is 11.8 Å². The summed E-state index contributed by atoms with van der Waals surface area (Å²) >= 11 is 0. The number of aliphatic hydroxyl groups excluding tert-OH is 1. The molecule has 0 saturated carbocycles. The van der Waals surface area contributed by atoms with Crippen molar-refractivity contribution in [3.63, 3.8) is 0 Å². The van der Waals surface area contributed by atoms with Gasteiger partial charge in [0.25, 0.3) is 5.91 Å². The summed E-state index contributed by atoms with van der Waals surface area (Å²) in [6.07, 6.45) is 1.62. The second kappa shape index (κ2) is 11.4. The van der Waals surface area contributed by atoms with Crippen LogP contribution in [0.1, 0.15) is 42.9 Å². The number of nitrogens with zero attached hydrogens (tertiary/aromatic N) is 1. The minimum absolute atomic E-state index is 0.0138. The lowest BCUT2D eigenvalue weighted by Crippen LogP contribution is -2.48. The highest BCUT2D eigenvalue weighted by atomic mass is 28.4. The van der Waals surface area contributed by atoms with Crippen molar-refractivity contribution in [1.82, 2.24) is 10.2 Å². The van der Waals surface area contributed by atoms with Crippen LogP contribution in [0.5, 0.6) is 0 Å². The predicted octanol–water partition coefficient (Wildman–Crippen LogP) is 2.71. The van der Waals surface area contributed by atoms with Crippen LogP contribution in [0.25, 0.3) is 0 Å². The van der Waals surface area contributed by atoms with Crippen LogP contribution in [0.2, 0.25) is 18.6 Å². The van der Waals surface area contributed by atoms with Crippen LogP contribution < -0.4 is 16.0 Å². The number of amides is 3. The Hall–Kier alpha value is -3.09. The first-order valence-corrected chi connectivity index (χ1v) is 18.4. The van der Waals surface area contributed by atoms with Gasteiger partial charge < -0.3 is 35.5 Å². The third kappa shape index (κ3) is 5.31. The van der Waals surface area contributed by atoms with Crippen LogP contribution in [0.15, 0.2) is 42.5 Å². The Morgan fingerprint density at radius 2 is 1.95 bits per heavy atom. The molecule has 230 valence electrons. The normalized spacial score (nSPS) is 30.1. The summed E-state index contributed by atoms with van der Waals surface area (Å²) in [4.78, 5) is 53.9. The van der Waals surface area contributed by atoms with Crippen molar-refractivity contribution in [1.29, 1.82) is 0 Å². The van der Waals surface area contributed by atoms with Gasteiger partial charge in [-0.25, -0.2) is 0 Å². The fourth-order valence-electron chi connectivity index (χ4n) is 7.83. The SMILES string of the molecule is C[C@@H]1[C@@H]([Si](C)(C)O)[C@H](CC(=O)N2Cc3ccccc3C[C@H]2CO)O[C@@]12C(=O)Nc1ccc(NC(=O)C3CCCNC3)cc12. The number of aliphatic hydroxyl groups is 1. The van der Waals surface area contributed by atoms with E-state index in [0.717, 1.165) is 30.5 Å². The molecule has 4 aliphatic heterocycles. The molecule has 11 heteroatoms. The summed E-state index contributed by atoms with van der Waals surface area (Å²) in [5.41, 5.74) is 2.15. The number of piperidine rings is 1. The van der Waals surface area contributed by atoms with E-state index in [4.69, 9.17) is 4.74 Å². The molecule has 4 aliphatic rings. The number of carbonyl (C=O) groups excluding carboxylic acids is 3. The van der Waals surface area contributed by atoms with E-state index in [1.54, 1.807) is 23.1 Å². The highest BCUT2D eigenvalue weighted by Gasteiger charge is 2.65. The van der Waals surface area contributed by atoms with Crippen LogP contribution in [-0.2, 0) is 37.7 Å². The molecule has 5 N–H and O–H groups in total. The monoisotopic (exact) mass is 606 g/mol. The number of anilines is 2. The molecule has 3 amide bonds. The first kappa shape index (κ1) is 30.0. The molecule has 6 rings (SSSR count). The number of nitrogens with one attached hydrogen (secondary N) is 3. The van der Waals surface area contributed by atoms with Gasteiger partial charge in [-0.05, 0) is 68.2 Å². The molecule has 2 fully saturated rings. The Morgan fingerprint density at radius 3 is 2.65 bits per heavy atom. The number of benzene rings is 2. The molecule has 4 heterocycles. The molecule has 0 radical (unpaired) electrons. The van der Waals surface area contributed by atoms with E-state index in [1.807, 2.05) is 44.3 Å². The molecule has 10 nitrogen and oxygen atoms in total. The maximum Gasteiger partial charge on any atom is 0.261 e. The number of fused-ring (bicyclic) bond motifs is 3. The Morgan fingerprint density at radius 1 is 1.19 bits per heavy atom. The van der Waals surface area contributed by atoms with Crippen molar-refractivity contribution in [2.45, 2.75) is 75.5 Å². The van der Waals surface area contributed by atoms with Crippen molar-refractivity contribution in [3.05, 3.63) is 59.2 Å². The first-order chi connectivity index (χ1) is 20.5. The first-order valence-electron chi connectivity index (χ1n) is 15.4. The average molecular weight is 607 g/mol. The van der Waals surface area contributed by atoms with Crippen molar-refractivity contribution < 1.29 is 29.0 Å². The Kier molecular flexibility index (Phi) is 7.97. The molecule has 0 aliphatic carbocycles. The number of ether oxygens (including phenoxy) is 1. The average Bonchev–Trinajstić information content (AvgIpc) is 3.44. The van der Waals surface area contributed by atoms with Crippen molar-refractivity contribution in [2.75, 3.05) is 30.3 Å². The molecule has 0 aromatic heterocycles. The van der Waals surface area contributed by atoms with E-state index < -0.39 is 31.5 Å². The summed E-state index contributed by atoms with van der Waals surface area (Å²) in [5.74, 6) is -1.11. The van der Waals surface area contributed by atoms with Gasteiger partial charge in [0.1, 0.15) is 0 Å². The molecule has 6 atom stereocenters.